The molecule has 0 radical (unpaired) electrons. The molecule has 2 fully saturated rings. The maximum absolute atomic E-state index is 15.6. The molecule has 8 aromatic carbocycles. The van der Waals surface area contributed by atoms with Gasteiger partial charge in [0.2, 0.25) is 11.8 Å². The van der Waals surface area contributed by atoms with Crippen molar-refractivity contribution < 1.29 is 108 Å². The maximum Gasteiger partial charge on any atom is 0.416 e. The highest BCUT2D eigenvalue weighted by atomic mass is 32.2. The van der Waals surface area contributed by atoms with Crippen LogP contribution in [0, 0.1) is 30.2 Å². The smallest absolute Gasteiger partial charge is 0.383 e. The first-order chi connectivity index (χ1) is 63.4. The van der Waals surface area contributed by atoms with Crippen LogP contribution in [-0.2, 0) is 69.0 Å². The van der Waals surface area contributed by atoms with Gasteiger partial charge in [-0.25, -0.2) is 17.6 Å². The van der Waals surface area contributed by atoms with Crippen molar-refractivity contribution in [2.45, 2.75) is 105 Å². The summed E-state index contributed by atoms with van der Waals surface area (Å²) in [7, 11) is -6.69. The molecule has 10 aromatic rings. The molecule has 0 aliphatic carbocycles. The lowest BCUT2D eigenvalue weighted by molar-refractivity contribution is -0.138. The van der Waals surface area contributed by atoms with Gasteiger partial charge in [-0.1, -0.05) is 121 Å². The molecular weight excluding hydrogens is 1410 g/mol. The molecule has 12 rings (SSSR count). The van der Waals surface area contributed by atoms with Crippen molar-refractivity contribution in [1.82, 2.24) is 28.7 Å². The van der Waals surface area contributed by atoms with Gasteiger partial charge in [-0.15, -0.1) is 23.5 Å². The summed E-state index contributed by atoms with van der Waals surface area (Å²) >= 11 is 0.0726. The Morgan fingerprint density at radius 2 is 1.07 bits per heavy atom. The number of thioether (sulfide) groups is 2. The van der Waals surface area contributed by atoms with Crippen LogP contribution in [-0.4, -0.2) is 119 Å². The van der Waals surface area contributed by atoms with E-state index in [0.717, 1.165) is 58.0 Å². The number of halogens is 10. The van der Waals surface area contributed by atoms with E-state index < -0.39 is 313 Å². The van der Waals surface area contributed by atoms with Crippen LogP contribution in [0.4, 0.5) is 43.9 Å². The predicted molar refractivity (Wildman–Crippen MR) is 391 cm³/mol. The second-order valence-corrected chi connectivity index (χ2v) is 25.0. The van der Waals surface area contributed by atoms with E-state index in [4.69, 9.17) is 45.2 Å². The summed E-state index contributed by atoms with van der Waals surface area (Å²) in [6.07, 6.45) is -10.6. The Hall–Kier alpha value is -9.04. The molecule has 0 unspecified atom stereocenters. The molecule has 0 atom stereocenters. The van der Waals surface area contributed by atoms with Crippen molar-refractivity contribution in [2.24, 2.45) is 0 Å². The first-order valence-corrected chi connectivity index (χ1v) is 33.1. The van der Waals surface area contributed by atoms with E-state index in [9.17, 15) is 53.9 Å². The van der Waals surface area contributed by atoms with Gasteiger partial charge < -0.3 is 38.2 Å². The number of fused-ring (bicyclic) bond motifs is 2. The number of carbonyl (C=O) groups excluding carboxylic acids is 2. The second kappa shape index (κ2) is 34.9. The minimum absolute atomic E-state index is 0.0530. The average molecular weight is 1520 g/mol. The number of pyridine rings is 2. The van der Waals surface area contributed by atoms with E-state index in [1.165, 1.54) is 27.7 Å². The molecule has 105 heavy (non-hydrogen) atoms. The number of amides is 2. The molecule has 550 valence electrons. The number of aromatic nitrogens is 2. The third-order valence-electron chi connectivity index (χ3n) is 16.7. The summed E-state index contributed by atoms with van der Waals surface area (Å²) in [6, 6.07) is 1.45. The van der Waals surface area contributed by atoms with E-state index in [0.29, 0.717) is 33.0 Å². The Kier molecular flexibility index (Phi) is 14.9. The van der Waals surface area contributed by atoms with Crippen LogP contribution in [0.5, 0.6) is 0 Å². The van der Waals surface area contributed by atoms with Crippen LogP contribution in [0.2, 0.25) is 0 Å². The van der Waals surface area contributed by atoms with Crippen LogP contribution in [0.15, 0.2) is 207 Å². The molecule has 2 aromatic heterocycles. The zero-order valence-electron chi connectivity index (χ0n) is 87.6. The Morgan fingerprint density at radius 1 is 0.533 bits per heavy atom. The SMILES string of the molecule is [2H]C([2H])([2H])OC([2H])([2H])C([2H])([2H])N1CCC(N(Cc2ccc(-c3ccc(C(F)(F)F)cc3)cc2)C(=O)Cn2c(SC([2H])([2H])c3cccc(F)c3F)cc(=O)c3ccccc32)CC1.[2H]c1c([2H])c(F)c(F)c(C([2H])([2H])Sc2c([2H])c(=O)c3c([2H])c(C)c([2H])c([2H])c3n2CC(=O)N(Cc2c([2H])c([2H])c(-c3c([2H])c([2H])c(C(F)(F)F)c([2H])c3[2H])c([2H])c2[2H])C2CCN(C([2H])([2H])C([2H])([2H])OC([2H])([2H])[2H])CC2)c1[2H]. The van der Waals surface area contributed by atoms with Crippen molar-refractivity contribution in [3.8, 4) is 22.3 Å². The van der Waals surface area contributed by atoms with Crippen molar-refractivity contribution in [1.29, 1.82) is 0 Å². The zero-order valence-corrected chi connectivity index (χ0v) is 56.2. The van der Waals surface area contributed by atoms with Crippen molar-refractivity contribution >= 4 is 57.1 Å². The number of likely N-dealkylation sites (tertiary alicyclic amines) is 2. The number of ether oxygens (including phenoxy) is 2. The lowest BCUT2D eigenvalue weighted by atomic mass is 10.00. The Morgan fingerprint density at radius 3 is 1.66 bits per heavy atom. The highest BCUT2D eigenvalue weighted by Gasteiger charge is 2.34. The third kappa shape index (κ3) is 19.5. The minimum atomic E-state index is -5.42. The van der Waals surface area contributed by atoms with Crippen LogP contribution in [0.25, 0.3) is 44.1 Å². The summed E-state index contributed by atoms with van der Waals surface area (Å²) in [4.78, 5) is 61.5. The molecular formula is C81H78F10N6O6S2. The molecule has 0 spiro atoms. The van der Waals surface area contributed by atoms with Gasteiger partial charge in [0.15, 0.2) is 34.1 Å². The van der Waals surface area contributed by atoms with Crippen LogP contribution < -0.4 is 10.9 Å². The normalized spacial score (nSPS) is 19.8. The van der Waals surface area contributed by atoms with Crippen LogP contribution >= 0.6 is 23.5 Å². The quantitative estimate of drug-likeness (QED) is 0.0428. The van der Waals surface area contributed by atoms with Gasteiger partial charge in [-0.2, -0.15) is 26.3 Å². The number of piperidine rings is 2. The van der Waals surface area contributed by atoms with Crippen molar-refractivity contribution in [2.75, 3.05) is 66.4 Å². The van der Waals surface area contributed by atoms with Gasteiger partial charge in [0.1, 0.15) is 13.1 Å². The fourth-order valence-corrected chi connectivity index (χ4v) is 13.0. The van der Waals surface area contributed by atoms with E-state index in [-0.39, 0.29) is 65.7 Å². The van der Waals surface area contributed by atoms with E-state index in [1.807, 2.05) is 0 Å². The third-order valence-corrected chi connectivity index (χ3v) is 18.4. The highest BCUT2D eigenvalue weighted by Crippen LogP contribution is 2.36. The average Bonchev–Trinajstić information content (AvgIpc) is 0.731. The molecule has 2 saturated heterocycles. The topological polar surface area (TPSA) is 110 Å². The van der Waals surface area contributed by atoms with E-state index >= 15 is 9.18 Å². The van der Waals surface area contributed by atoms with Gasteiger partial charge >= 0.3 is 12.4 Å². The number of carbonyl (C=O) groups is 2. The number of nitrogens with zero attached hydrogens (tertiary/aromatic N) is 6. The first kappa shape index (κ1) is 44.8. The molecule has 12 nitrogen and oxygen atoms in total. The largest absolute Gasteiger partial charge is 0.416 e. The van der Waals surface area contributed by atoms with Gasteiger partial charge in [-0.05, 0) is 127 Å². The summed E-state index contributed by atoms with van der Waals surface area (Å²) in [5, 5.41) is -1.69. The monoisotopic (exact) mass is 1520 g/mol. The number of hydrogen-bond acceptors (Lipinski definition) is 10. The predicted octanol–water partition coefficient (Wildman–Crippen LogP) is 17.1. The van der Waals surface area contributed by atoms with E-state index in [2.05, 4.69) is 9.47 Å². The van der Waals surface area contributed by atoms with Gasteiger partial charge in [0.25, 0.3) is 0 Å². The molecule has 4 heterocycles. The molecule has 2 amide bonds. The number of methoxy groups -OCH3 is 2. The number of hydrogen-bond donors (Lipinski definition) is 0. The van der Waals surface area contributed by atoms with E-state index in [1.54, 1.807) is 42.5 Å². The molecule has 2 aliphatic rings. The Labute approximate surface area is 656 Å². The summed E-state index contributed by atoms with van der Waals surface area (Å²) < 4.78 is 425. The van der Waals surface area contributed by atoms with Crippen LogP contribution in [0.1, 0.15) is 110 Å². The summed E-state index contributed by atoms with van der Waals surface area (Å²) in [6.45, 7) is -16.1. The summed E-state index contributed by atoms with van der Waals surface area (Å²) in [5.41, 5.74) is -15.0. The number of alkyl halides is 6. The number of benzene rings is 8. The van der Waals surface area contributed by atoms with Gasteiger partial charge in [0, 0.05) is 135 Å². The highest BCUT2D eigenvalue weighted by molar-refractivity contribution is 7.98. The van der Waals surface area contributed by atoms with Crippen LogP contribution in [0.3, 0.4) is 0 Å². The van der Waals surface area contributed by atoms with Gasteiger partial charge in [0.05, 0.1) is 79.6 Å². The number of rotatable bonds is 24. The zero-order chi connectivity index (χ0) is 103. The lowest BCUT2D eigenvalue weighted by Gasteiger charge is -2.39. The minimum Gasteiger partial charge on any atom is -0.383 e. The Bertz CT molecular complexity index is 6480. The van der Waals surface area contributed by atoms with Crippen molar-refractivity contribution in [3.05, 3.63) is 270 Å². The maximum atomic E-state index is 15.6. The molecule has 2 aliphatic heterocycles. The molecule has 0 N–H and O–H groups in total. The van der Waals surface area contributed by atoms with Crippen molar-refractivity contribution in [3.63, 3.8) is 0 Å². The second-order valence-electron chi connectivity index (χ2n) is 23.4. The Balaban J connectivity index is 0.000000272. The molecule has 24 heteroatoms. The molecule has 0 saturated carbocycles. The lowest BCUT2D eigenvalue weighted by Crippen LogP contribution is -2.48. The standard InChI is InChI=1S/C41H40F5N3O3S.C40H38F5N3O3S/c1-27-6-15-36-34(22-27)37(50)23-39(53-26-31-4-3-5-35(42)40(31)43)49(36)25-38(51)48(33-16-18-47(19-17-33)20-21-52-2)24-28-7-9-29(10-8-28)30-11-13-32(14-12-30)41(44,45)46;1-51-22-21-46-19-17-32(18-20-46)47(24-27-9-11-28(12-10-27)29-13-15-31(16-14-29)40(43,44)45)37(50)25-48-35-8-3-2-6-33(35)36(49)23-38(48)52-26-30-5-4-7-34(41)39(30)42/h3-15,22-23,33H,16-21,24-26H2,1-2H3;2-16,23,32H,17-22,24-26H2,1H3/i2D3,3D,4D,5D,6D,7D,8D,9D,10D,11D,12D,13D,14D,15D,20D2,21D2,22D,23D,26D2;1D3,21D2,22D2,26D2. The van der Waals surface area contributed by atoms with Gasteiger partial charge in [-0.3, -0.25) is 19.2 Å². The molecule has 0 bridgehead atoms. The summed E-state index contributed by atoms with van der Waals surface area (Å²) in [5.74, 6) is -8.75. The fraction of sp³-hybridized carbons (Fsp3) is 0.309. The fourth-order valence-electron chi connectivity index (χ4n) is 11.4. The number of para-hydroxylation sites is 1. The first-order valence-electron chi connectivity index (χ1n) is 48.0.